The van der Waals surface area contributed by atoms with E-state index in [1.54, 1.807) is 33.4 Å². The Hall–Kier alpha value is -4.56. The third-order valence-electron chi connectivity index (χ3n) is 14.4. The van der Waals surface area contributed by atoms with E-state index in [0.29, 0.717) is 30.0 Å². The SMILES string of the molecule is CCC1=C2CCC(/C=C/C3C=CC(N(c4ccc5c(c4)C=CC5)C4C=C5C=CCCC5CC4)CC3)=C1CC1C2=CCC1N(C1=CC=CCC1)c1ccccc1. The predicted octanol–water partition coefficient (Wildman–Crippen LogP) is 13.3. The van der Waals surface area contributed by atoms with Crippen molar-refractivity contribution in [1.29, 1.82) is 0 Å². The summed E-state index contributed by atoms with van der Waals surface area (Å²) in [6.45, 7) is 2.39. The van der Waals surface area contributed by atoms with Gasteiger partial charge in [-0.25, -0.2) is 0 Å². The third kappa shape index (κ3) is 6.64. The van der Waals surface area contributed by atoms with Crippen LogP contribution in [-0.2, 0) is 6.42 Å². The Kier molecular flexibility index (Phi) is 9.63. The molecule has 0 saturated carbocycles. The second-order valence-electron chi connectivity index (χ2n) is 17.4. The number of rotatable bonds is 9. The monoisotopic (exact) mass is 722 g/mol. The van der Waals surface area contributed by atoms with Crippen molar-refractivity contribution in [3.8, 4) is 0 Å². The summed E-state index contributed by atoms with van der Waals surface area (Å²) in [4.78, 5) is 5.52. The molecule has 6 atom stereocenters. The van der Waals surface area contributed by atoms with Crippen LogP contribution in [0, 0.1) is 17.8 Å². The Bertz CT molecular complexity index is 2120. The fourth-order valence-corrected chi connectivity index (χ4v) is 11.6. The van der Waals surface area contributed by atoms with Crippen LogP contribution in [0.2, 0.25) is 0 Å². The maximum absolute atomic E-state index is 2.80. The van der Waals surface area contributed by atoms with E-state index >= 15 is 0 Å². The second-order valence-corrected chi connectivity index (χ2v) is 17.4. The molecule has 2 nitrogen and oxygen atoms in total. The van der Waals surface area contributed by atoms with Crippen molar-refractivity contribution in [1.82, 2.24) is 0 Å². The number of fused-ring (bicyclic) bond motifs is 5. The van der Waals surface area contributed by atoms with Crippen LogP contribution in [0.3, 0.4) is 0 Å². The van der Waals surface area contributed by atoms with Gasteiger partial charge in [-0.2, -0.15) is 0 Å². The molecule has 2 aromatic rings. The number of anilines is 2. The van der Waals surface area contributed by atoms with Gasteiger partial charge in [-0.15, -0.1) is 0 Å². The molecule has 2 aromatic carbocycles. The first-order valence-corrected chi connectivity index (χ1v) is 21.9. The van der Waals surface area contributed by atoms with E-state index in [0.717, 1.165) is 38.0 Å². The van der Waals surface area contributed by atoms with Crippen molar-refractivity contribution in [2.45, 2.75) is 115 Å². The van der Waals surface area contributed by atoms with Gasteiger partial charge in [0.05, 0.1) is 0 Å². The fourth-order valence-electron chi connectivity index (χ4n) is 11.6. The highest BCUT2D eigenvalue weighted by Gasteiger charge is 2.42. The first-order chi connectivity index (χ1) is 27.2. The molecule has 10 rings (SSSR count). The van der Waals surface area contributed by atoms with Gasteiger partial charge in [0, 0.05) is 41.1 Å². The van der Waals surface area contributed by atoms with Crippen molar-refractivity contribution < 1.29 is 0 Å². The lowest BCUT2D eigenvalue weighted by molar-refractivity contribution is 0.425. The molecular weight excluding hydrogens is 665 g/mol. The average Bonchev–Trinajstić information content (AvgIpc) is 3.89. The first kappa shape index (κ1) is 34.9. The van der Waals surface area contributed by atoms with Gasteiger partial charge in [-0.3, -0.25) is 0 Å². The van der Waals surface area contributed by atoms with Gasteiger partial charge in [0.15, 0.2) is 0 Å². The van der Waals surface area contributed by atoms with Crippen LogP contribution in [0.25, 0.3) is 6.08 Å². The highest BCUT2D eigenvalue weighted by molar-refractivity contribution is 5.67. The molecule has 6 unspecified atom stereocenters. The van der Waals surface area contributed by atoms with E-state index in [4.69, 9.17) is 0 Å². The number of hydrogen-bond acceptors (Lipinski definition) is 2. The third-order valence-corrected chi connectivity index (χ3v) is 14.4. The molecule has 0 aliphatic heterocycles. The van der Waals surface area contributed by atoms with E-state index in [1.807, 2.05) is 0 Å². The van der Waals surface area contributed by atoms with Crippen LogP contribution < -0.4 is 9.80 Å². The molecule has 8 aliphatic carbocycles. The molecule has 2 bridgehead atoms. The van der Waals surface area contributed by atoms with Crippen molar-refractivity contribution >= 4 is 17.5 Å². The molecule has 0 fully saturated rings. The molecule has 0 saturated heterocycles. The minimum absolute atomic E-state index is 0.429. The quantitative estimate of drug-likeness (QED) is 0.238. The smallest absolute Gasteiger partial charge is 0.0485 e. The Morgan fingerprint density at radius 3 is 2.58 bits per heavy atom. The summed E-state index contributed by atoms with van der Waals surface area (Å²) in [6.07, 6.45) is 48.7. The normalized spacial score (nSPS) is 29.2. The van der Waals surface area contributed by atoms with Gasteiger partial charge in [-0.1, -0.05) is 104 Å². The second kappa shape index (κ2) is 15.2. The molecule has 0 aromatic heterocycles. The van der Waals surface area contributed by atoms with Crippen molar-refractivity contribution in [2.24, 2.45) is 17.8 Å². The van der Waals surface area contributed by atoms with Crippen LogP contribution in [0.5, 0.6) is 0 Å². The molecule has 0 spiro atoms. The zero-order valence-electron chi connectivity index (χ0n) is 32.9. The van der Waals surface area contributed by atoms with Gasteiger partial charge < -0.3 is 9.80 Å². The highest BCUT2D eigenvalue weighted by atomic mass is 15.2. The molecule has 2 heteroatoms. The number of nitrogens with zero attached hydrogens (tertiary/aromatic N) is 2. The summed E-state index contributed by atoms with van der Waals surface area (Å²) in [5.74, 6) is 1.82. The van der Waals surface area contributed by atoms with Crippen molar-refractivity contribution in [3.05, 3.63) is 172 Å². The van der Waals surface area contributed by atoms with E-state index < -0.39 is 0 Å². The lowest BCUT2D eigenvalue weighted by Crippen LogP contribution is -2.44. The zero-order chi connectivity index (χ0) is 36.7. The molecular formula is C53H58N2. The topological polar surface area (TPSA) is 6.48 Å². The lowest BCUT2D eigenvalue weighted by Gasteiger charge is -2.43. The fraction of sp³-hybridized carbons (Fsp3) is 0.396. The van der Waals surface area contributed by atoms with E-state index in [-0.39, 0.29) is 0 Å². The molecule has 8 aliphatic rings. The highest BCUT2D eigenvalue weighted by Crippen LogP contribution is 2.53. The maximum Gasteiger partial charge on any atom is 0.0485 e. The standard InChI is InChI=1S/C53H58N2/c1-2-48-49-31-26-40(51(48)36-52-50(49)32-33-53(52)55(43-16-5-3-6-17-43)44-18-7-4-8-19-44)23-20-37-21-27-45(28-22-37)54(47-30-25-39-14-11-15-42(39)35-47)46-29-24-38-12-9-10-13-41(38)34-46/h3-7,10-11,13,15-18,20-21,23,25,27,30,32,34-35,37-38,45-46,52-53H,2,8-9,12,14,19,22,24,26,28-29,31,33,36H2,1H3/b23-20+. The lowest BCUT2D eigenvalue weighted by atomic mass is 9.69. The summed E-state index contributed by atoms with van der Waals surface area (Å²) in [6, 6.07) is 19.9. The minimum atomic E-state index is 0.429. The summed E-state index contributed by atoms with van der Waals surface area (Å²) < 4.78 is 0. The maximum atomic E-state index is 2.80. The van der Waals surface area contributed by atoms with Gasteiger partial charge in [0.25, 0.3) is 0 Å². The molecule has 55 heavy (non-hydrogen) atoms. The Labute approximate surface area is 330 Å². The number of hydrogen-bond donors (Lipinski definition) is 0. The van der Waals surface area contributed by atoms with Crippen molar-refractivity contribution in [3.63, 3.8) is 0 Å². The molecule has 0 amide bonds. The Morgan fingerprint density at radius 1 is 0.800 bits per heavy atom. The Balaban J connectivity index is 0.909. The van der Waals surface area contributed by atoms with E-state index in [9.17, 15) is 0 Å². The molecule has 280 valence electrons. The van der Waals surface area contributed by atoms with Crippen LogP contribution in [-0.4, -0.2) is 18.1 Å². The van der Waals surface area contributed by atoms with Crippen LogP contribution >= 0.6 is 0 Å². The summed E-state index contributed by atoms with van der Waals surface area (Å²) in [5.41, 5.74) is 17.0. The van der Waals surface area contributed by atoms with Crippen LogP contribution in [0.15, 0.2) is 161 Å². The molecule has 0 heterocycles. The number of para-hydroxylation sites is 1. The van der Waals surface area contributed by atoms with E-state index in [2.05, 4.69) is 144 Å². The minimum Gasteiger partial charge on any atom is -0.359 e. The largest absolute Gasteiger partial charge is 0.359 e. The van der Waals surface area contributed by atoms with Crippen LogP contribution in [0.4, 0.5) is 11.4 Å². The van der Waals surface area contributed by atoms with Gasteiger partial charge >= 0.3 is 0 Å². The number of benzene rings is 2. The Morgan fingerprint density at radius 2 is 1.73 bits per heavy atom. The van der Waals surface area contributed by atoms with E-state index in [1.165, 1.54) is 86.0 Å². The van der Waals surface area contributed by atoms with Gasteiger partial charge in [-0.05, 0) is 177 Å². The average molecular weight is 723 g/mol. The molecule has 0 radical (unpaired) electrons. The first-order valence-electron chi connectivity index (χ1n) is 21.9. The summed E-state index contributed by atoms with van der Waals surface area (Å²) in [7, 11) is 0. The summed E-state index contributed by atoms with van der Waals surface area (Å²) in [5, 5.41) is 0. The predicted molar refractivity (Wildman–Crippen MR) is 233 cm³/mol. The van der Waals surface area contributed by atoms with Gasteiger partial charge in [0.1, 0.15) is 0 Å². The van der Waals surface area contributed by atoms with Crippen LogP contribution in [0.1, 0.15) is 102 Å². The summed E-state index contributed by atoms with van der Waals surface area (Å²) >= 11 is 0. The van der Waals surface area contributed by atoms with Crippen molar-refractivity contribution in [2.75, 3.05) is 9.80 Å². The number of allylic oxidation sites excluding steroid dienone is 15. The zero-order valence-corrected chi connectivity index (χ0v) is 32.9. The molecule has 0 N–H and O–H groups in total. The van der Waals surface area contributed by atoms with Gasteiger partial charge in [0.2, 0.25) is 0 Å².